The average Bonchev–Trinajstić information content (AvgIpc) is 3.05. The van der Waals surface area contributed by atoms with Crippen LogP contribution in [0, 0.1) is 0 Å². The standard InChI is InChI=1S/C12H10ClN3O2S2/c1-16(20(17,18)12-5-4-11(13)19-12)8-2-3-9-10(6-8)15-7-14-9/h2-7H,1H3,(H,14,15). The summed E-state index contributed by atoms with van der Waals surface area (Å²) in [7, 11) is -2.08. The molecule has 104 valence electrons. The van der Waals surface area contributed by atoms with E-state index in [0.29, 0.717) is 10.0 Å². The summed E-state index contributed by atoms with van der Waals surface area (Å²) >= 11 is 6.84. The lowest BCUT2D eigenvalue weighted by Gasteiger charge is -2.18. The molecule has 1 aromatic carbocycles. The molecule has 0 aliphatic heterocycles. The van der Waals surface area contributed by atoms with E-state index in [9.17, 15) is 8.42 Å². The molecular weight excluding hydrogens is 318 g/mol. The molecule has 3 rings (SSSR count). The highest BCUT2D eigenvalue weighted by molar-refractivity contribution is 7.94. The molecule has 0 amide bonds. The van der Waals surface area contributed by atoms with Crippen molar-refractivity contribution in [2.75, 3.05) is 11.4 Å². The zero-order valence-corrected chi connectivity index (χ0v) is 12.8. The normalized spacial score (nSPS) is 11.9. The fraction of sp³-hybridized carbons (Fsp3) is 0.0833. The van der Waals surface area contributed by atoms with Crippen molar-refractivity contribution in [1.29, 1.82) is 0 Å². The third kappa shape index (κ3) is 2.17. The maximum atomic E-state index is 12.5. The van der Waals surface area contributed by atoms with E-state index in [0.717, 1.165) is 22.4 Å². The Bertz CT molecular complexity index is 870. The second-order valence-electron chi connectivity index (χ2n) is 4.14. The van der Waals surface area contributed by atoms with E-state index in [4.69, 9.17) is 11.6 Å². The van der Waals surface area contributed by atoms with Crippen LogP contribution in [0.3, 0.4) is 0 Å². The minimum Gasteiger partial charge on any atom is -0.345 e. The largest absolute Gasteiger partial charge is 0.345 e. The van der Waals surface area contributed by atoms with Crippen LogP contribution >= 0.6 is 22.9 Å². The number of hydrogen-bond donors (Lipinski definition) is 1. The molecule has 0 radical (unpaired) electrons. The van der Waals surface area contributed by atoms with Gasteiger partial charge in [0.1, 0.15) is 4.21 Å². The van der Waals surface area contributed by atoms with E-state index in [2.05, 4.69) is 9.97 Å². The van der Waals surface area contributed by atoms with Crippen LogP contribution in [0.15, 0.2) is 40.9 Å². The molecule has 0 aliphatic carbocycles. The summed E-state index contributed by atoms with van der Waals surface area (Å²) in [5.41, 5.74) is 2.14. The average molecular weight is 328 g/mol. The predicted octanol–water partition coefficient (Wildman–Crippen LogP) is 3.10. The van der Waals surface area contributed by atoms with Crippen molar-refractivity contribution in [2.45, 2.75) is 4.21 Å². The Morgan fingerprint density at radius 2 is 2.10 bits per heavy atom. The number of fused-ring (bicyclic) bond motifs is 1. The number of hydrogen-bond acceptors (Lipinski definition) is 4. The third-order valence-corrected chi connectivity index (χ3v) is 6.41. The summed E-state index contributed by atoms with van der Waals surface area (Å²) in [6.45, 7) is 0. The number of nitrogens with zero attached hydrogens (tertiary/aromatic N) is 2. The van der Waals surface area contributed by atoms with Gasteiger partial charge in [-0.15, -0.1) is 11.3 Å². The van der Waals surface area contributed by atoms with Gasteiger partial charge >= 0.3 is 0 Å². The van der Waals surface area contributed by atoms with E-state index >= 15 is 0 Å². The van der Waals surface area contributed by atoms with Crippen molar-refractivity contribution < 1.29 is 8.42 Å². The van der Waals surface area contributed by atoms with Crippen molar-refractivity contribution in [3.63, 3.8) is 0 Å². The molecule has 0 unspecified atom stereocenters. The predicted molar refractivity (Wildman–Crippen MR) is 81.0 cm³/mol. The number of benzene rings is 1. The van der Waals surface area contributed by atoms with Crippen LogP contribution < -0.4 is 4.31 Å². The summed E-state index contributed by atoms with van der Waals surface area (Å²) in [5, 5.41) is 0. The van der Waals surface area contributed by atoms with Crippen LogP contribution in [-0.2, 0) is 10.0 Å². The highest BCUT2D eigenvalue weighted by atomic mass is 35.5. The van der Waals surface area contributed by atoms with E-state index in [1.165, 1.54) is 17.4 Å². The molecule has 2 aromatic heterocycles. The van der Waals surface area contributed by atoms with Crippen molar-refractivity contribution in [1.82, 2.24) is 9.97 Å². The van der Waals surface area contributed by atoms with E-state index < -0.39 is 10.0 Å². The molecule has 0 fully saturated rings. The van der Waals surface area contributed by atoms with Crippen LogP contribution in [0.4, 0.5) is 5.69 Å². The van der Waals surface area contributed by atoms with Gasteiger partial charge in [0.15, 0.2) is 0 Å². The molecule has 0 spiro atoms. The summed E-state index contributed by atoms with van der Waals surface area (Å²) in [4.78, 5) is 7.06. The minimum absolute atomic E-state index is 0.217. The van der Waals surface area contributed by atoms with Gasteiger partial charge in [-0.3, -0.25) is 4.31 Å². The number of anilines is 1. The minimum atomic E-state index is -3.59. The number of H-pyrrole nitrogens is 1. The highest BCUT2D eigenvalue weighted by Crippen LogP contribution is 2.30. The molecule has 1 N–H and O–H groups in total. The number of imidazole rings is 1. The van der Waals surface area contributed by atoms with E-state index in [1.54, 1.807) is 30.6 Å². The highest BCUT2D eigenvalue weighted by Gasteiger charge is 2.23. The Labute approximate surface area is 124 Å². The van der Waals surface area contributed by atoms with Gasteiger partial charge in [-0.2, -0.15) is 0 Å². The first-order chi connectivity index (χ1) is 9.48. The zero-order chi connectivity index (χ0) is 14.3. The molecule has 0 saturated carbocycles. The Morgan fingerprint density at radius 1 is 1.30 bits per heavy atom. The number of rotatable bonds is 3. The topological polar surface area (TPSA) is 66.1 Å². The first-order valence-corrected chi connectivity index (χ1v) is 8.29. The van der Waals surface area contributed by atoms with Gasteiger partial charge in [0, 0.05) is 7.05 Å². The molecule has 2 heterocycles. The summed E-state index contributed by atoms with van der Waals surface area (Å²) in [5.74, 6) is 0. The van der Waals surface area contributed by atoms with E-state index in [1.807, 2.05) is 0 Å². The summed E-state index contributed by atoms with van der Waals surface area (Å²) in [6.07, 6.45) is 1.57. The SMILES string of the molecule is CN(c1ccc2nc[nH]c2c1)S(=O)(=O)c1ccc(Cl)s1. The van der Waals surface area contributed by atoms with Crippen LogP contribution in [0.25, 0.3) is 11.0 Å². The van der Waals surface area contributed by atoms with E-state index in [-0.39, 0.29) is 4.21 Å². The Balaban J connectivity index is 2.04. The maximum Gasteiger partial charge on any atom is 0.273 e. The van der Waals surface area contributed by atoms with Crippen LogP contribution in [0.5, 0.6) is 0 Å². The van der Waals surface area contributed by atoms with Crippen molar-refractivity contribution >= 4 is 49.7 Å². The van der Waals surface area contributed by atoms with Crippen LogP contribution in [0.2, 0.25) is 4.34 Å². The van der Waals surface area contributed by atoms with Crippen LogP contribution in [-0.4, -0.2) is 25.4 Å². The molecule has 3 aromatic rings. The van der Waals surface area contributed by atoms with Gasteiger partial charge in [-0.25, -0.2) is 13.4 Å². The third-order valence-electron chi connectivity index (χ3n) is 2.93. The number of sulfonamides is 1. The number of aromatic amines is 1. The lowest BCUT2D eigenvalue weighted by molar-refractivity contribution is 0.596. The molecule has 0 bridgehead atoms. The monoisotopic (exact) mass is 327 g/mol. The lowest BCUT2D eigenvalue weighted by Crippen LogP contribution is -2.25. The van der Waals surface area contributed by atoms with Crippen molar-refractivity contribution in [3.8, 4) is 0 Å². The van der Waals surface area contributed by atoms with Gasteiger partial charge < -0.3 is 4.98 Å². The number of aromatic nitrogens is 2. The number of thiophene rings is 1. The maximum absolute atomic E-state index is 12.5. The molecular formula is C12H10ClN3O2S2. The fourth-order valence-electron chi connectivity index (χ4n) is 1.83. The fourth-order valence-corrected chi connectivity index (χ4v) is 4.67. The van der Waals surface area contributed by atoms with Gasteiger partial charge in [0.05, 0.1) is 27.4 Å². The molecule has 0 saturated heterocycles. The number of nitrogens with one attached hydrogen (secondary N) is 1. The van der Waals surface area contributed by atoms with Crippen LogP contribution in [0.1, 0.15) is 0 Å². The summed E-state index contributed by atoms with van der Waals surface area (Å²) in [6, 6.07) is 8.32. The first kappa shape index (κ1) is 13.4. The van der Waals surface area contributed by atoms with Gasteiger partial charge in [0.2, 0.25) is 0 Å². The quantitative estimate of drug-likeness (QED) is 0.803. The number of halogens is 1. The first-order valence-electron chi connectivity index (χ1n) is 5.66. The molecule has 0 atom stereocenters. The summed E-state index contributed by atoms with van der Waals surface area (Å²) < 4.78 is 26.8. The molecule has 5 nitrogen and oxygen atoms in total. The zero-order valence-electron chi connectivity index (χ0n) is 10.4. The lowest BCUT2D eigenvalue weighted by atomic mass is 10.3. The molecule has 20 heavy (non-hydrogen) atoms. The second-order valence-corrected chi connectivity index (χ2v) is 8.05. The Morgan fingerprint density at radius 3 is 2.80 bits per heavy atom. The molecule has 0 aliphatic rings. The van der Waals surface area contributed by atoms with Gasteiger partial charge in [0.25, 0.3) is 10.0 Å². The molecule has 8 heteroatoms. The second kappa shape index (κ2) is 4.76. The van der Waals surface area contributed by atoms with Gasteiger partial charge in [-0.1, -0.05) is 11.6 Å². The van der Waals surface area contributed by atoms with Gasteiger partial charge in [-0.05, 0) is 30.3 Å². The van der Waals surface area contributed by atoms with Crippen molar-refractivity contribution in [3.05, 3.63) is 41.0 Å². The Kier molecular flexibility index (Phi) is 3.19. The Hall–Kier alpha value is -1.57. The smallest absolute Gasteiger partial charge is 0.273 e. The van der Waals surface area contributed by atoms with Crippen molar-refractivity contribution in [2.24, 2.45) is 0 Å².